The second-order valence-corrected chi connectivity index (χ2v) is 13.9. The third kappa shape index (κ3) is 6.76. The van der Waals surface area contributed by atoms with Gasteiger partial charge < -0.3 is 14.7 Å². The predicted molar refractivity (Wildman–Crippen MR) is 166 cm³/mol. The maximum atomic E-state index is 14.4. The van der Waals surface area contributed by atoms with Crippen molar-refractivity contribution < 1.29 is 12.8 Å². The smallest absolute Gasteiger partial charge is 0.208 e. The summed E-state index contributed by atoms with van der Waals surface area (Å²) in [5.41, 5.74) is 3.79. The van der Waals surface area contributed by atoms with Gasteiger partial charge in [0, 0.05) is 49.5 Å². The zero-order valence-electron chi connectivity index (χ0n) is 24.3. The molecule has 3 aromatic rings. The number of piperidine rings is 1. The van der Waals surface area contributed by atoms with E-state index in [1.54, 1.807) is 12.4 Å². The highest BCUT2D eigenvalue weighted by Crippen LogP contribution is 2.42. The Morgan fingerprint density at radius 1 is 0.929 bits per heavy atom. The van der Waals surface area contributed by atoms with Crippen molar-refractivity contribution >= 4 is 27.2 Å². The van der Waals surface area contributed by atoms with Gasteiger partial charge in [-0.05, 0) is 81.2 Å². The number of sulfonamides is 1. The molecule has 1 N–H and O–H groups in total. The lowest BCUT2D eigenvalue weighted by Crippen LogP contribution is -2.50. The summed E-state index contributed by atoms with van der Waals surface area (Å²) in [5.74, 6) is 1.39. The Labute approximate surface area is 249 Å². The monoisotopic (exact) mass is 592 g/mol. The minimum atomic E-state index is -3.12. The first-order chi connectivity index (χ1) is 20.3. The molecule has 3 heterocycles. The number of anilines is 3. The number of nitrogens with one attached hydrogen (secondary N) is 1. The molecule has 0 spiro atoms. The molecule has 1 saturated heterocycles. The molecule has 6 rings (SSSR count). The highest BCUT2D eigenvalue weighted by atomic mass is 32.2. The van der Waals surface area contributed by atoms with E-state index >= 15 is 0 Å². The van der Waals surface area contributed by atoms with Crippen LogP contribution in [0.4, 0.5) is 21.6 Å². The lowest BCUT2D eigenvalue weighted by atomic mass is 9.84. The van der Waals surface area contributed by atoms with Gasteiger partial charge in [-0.2, -0.15) is 0 Å². The maximum Gasteiger partial charge on any atom is 0.208 e. The van der Waals surface area contributed by atoms with E-state index in [1.807, 2.05) is 42.6 Å². The molecule has 2 aromatic carbocycles. The number of hydrogen-bond acceptors (Lipinski definition) is 7. The number of fused-ring (bicyclic) bond motifs is 1. The third-order valence-electron chi connectivity index (χ3n) is 9.21. The summed E-state index contributed by atoms with van der Waals surface area (Å²) in [4.78, 5) is 16.4. The Hall–Kier alpha value is -3.08. The summed E-state index contributed by atoms with van der Waals surface area (Å²) in [6.45, 7) is 4.90. The van der Waals surface area contributed by atoms with Crippen LogP contribution in [0.1, 0.15) is 44.9 Å². The number of aromatic nitrogens is 2. The van der Waals surface area contributed by atoms with Gasteiger partial charge in [-0.25, -0.2) is 27.5 Å². The SMILES string of the molecule is CS(=O)(=O)N[C@H]1CC[C@H](CCN2CCC(N3CCN(c4ccc(F)cc4-c4ccccc4)c4cncnc43)CC2)CC1. The van der Waals surface area contributed by atoms with Gasteiger partial charge in [-0.3, -0.25) is 0 Å². The van der Waals surface area contributed by atoms with Crippen LogP contribution in [0.5, 0.6) is 0 Å². The standard InChI is InChI=1S/C32H41FN6O2S/c1-42(40,41)36-27-10-7-24(8-11-27)13-16-37-17-14-28(15-18-37)38-19-20-39(31-22-34-23-35-32(31)38)30-12-9-26(33)21-29(30)25-5-3-2-4-6-25/h2-6,9,12,21-24,27-28,36H,7-8,10-11,13-20H2,1H3/t24-,27-. The first-order valence-electron chi connectivity index (χ1n) is 15.2. The Balaban J connectivity index is 1.08. The van der Waals surface area contributed by atoms with Crippen LogP contribution >= 0.6 is 0 Å². The normalized spacial score (nSPS) is 22.2. The quantitative estimate of drug-likeness (QED) is 0.385. The van der Waals surface area contributed by atoms with Gasteiger partial charge in [0.15, 0.2) is 5.82 Å². The van der Waals surface area contributed by atoms with Crippen LogP contribution in [0, 0.1) is 11.7 Å². The number of rotatable bonds is 8. The lowest BCUT2D eigenvalue weighted by molar-refractivity contribution is 0.183. The molecule has 1 saturated carbocycles. The second kappa shape index (κ2) is 12.7. The Bertz CT molecular complexity index is 1460. The largest absolute Gasteiger partial charge is 0.350 e. The molecule has 2 aliphatic heterocycles. The number of likely N-dealkylation sites (tertiary alicyclic amines) is 1. The predicted octanol–water partition coefficient (Wildman–Crippen LogP) is 5.20. The highest BCUT2D eigenvalue weighted by Gasteiger charge is 2.33. The Morgan fingerprint density at radius 3 is 2.43 bits per heavy atom. The average Bonchev–Trinajstić information content (AvgIpc) is 3.00. The number of halogens is 1. The molecule has 0 bridgehead atoms. The van der Waals surface area contributed by atoms with Crippen LogP contribution in [0.3, 0.4) is 0 Å². The summed E-state index contributed by atoms with van der Waals surface area (Å²) in [7, 11) is -3.12. The van der Waals surface area contributed by atoms with E-state index in [2.05, 4.69) is 24.4 Å². The van der Waals surface area contributed by atoms with Crippen LogP contribution in [0.25, 0.3) is 11.1 Å². The topological polar surface area (TPSA) is 81.7 Å². The van der Waals surface area contributed by atoms with Crippen molar-refractivity contribution in [2.24, 2.45) is 5.92 Å². The van der Waals surface area contributed by atoms with Crippen molar-refractivity contribution in [3.63, 3.8) is 0 Å². The van der Waals surface area contributed by atoms with E-state index in [0.717, 1.165) is 99.6 Å². The summed E-state index contributed by atoms with van der Waals surface area (Å²) >= 11 is 0. The Morgan fingerprint density at radius 2 is 1.69 bits per heavy atom. The van der Waals surface area contributed by atoms with Crippen LogP contribution in [-0.4, -0.2) is 74.3 Å². The number of nitrogens with zero attached hydrogens (tertiary/aromatic N) is 5. The molecule has 0 amide bonds. The van der Waals surface area contributed by atoms with Crippen molar-refractivity contribution in [3.05, 3.63) is 66.9 Å². The number of benzene rings is 2. The summed E-state index contributed by atoms with van der Waals surface area (Å²) in [5, 5.41) is 0. The molecule has 2 fully saturated rings. The van der Waals surface area contributed by atoms with Crippen molar-refractivity contribution in [1.82, 2.24) is 19.6 Å². The molecule has 0 atom stereocenters. The Kier molecular flexibility index (Phi) is 8.74. The highest BCUT2D eigenvalue weighted by molar-refractivity contribution is 7.88. The summed E-state index contributed by atoms with van der Waals surface area (Å²) in [6.07, 6.45) is 12.2. The van der Waals surface area contributed by atoms with Gasteiger partial charge in [0.1, 0.15) is 17.8 Å². The third-order valence-corrected chi connectivity index (χ3v) is 9.97. The van der Waals surface area contributed by atoms with E-state index in [-0.39, 0.29) is 11.9 Å². The van der Waals surface area contributed by atoms with Crippen molar-refractivity contribution in [1.29, 1.82) is 0 Å². The van der Waals surface area contributed by atoms with Gasteiger partial charge in [0.2, 0.25) is 10.0 Å². The van der Waals surface area contributed by atoms with E-state index in [4.69, 9.17) is 4.98 Å². The molecule has 1 aromatic heterocycles. The van der Waals surface area contributed by atoms with Crippen LogP contribution < -0.4 is 14.5 Å². The van der Waals surface area contributed by atoms with Gasteiger partial charge in [-0.15, -0.1) is 0 Å². The summed E-state index contributed by atoms with van der Waals surface area (Å²) < 4.78 is 40.2. The molecule has 3 aliphatic rings. The van der Waals surface area contributed by atoms with Gasteiger partial charge in [-0.1, -0.05) is 30.3 Å². The first-order valence-corrected chi connectivity index (χ1v) is 17.1. The average molecular weight is 593 g/mol. The van der Waals surface area contributed by atoms with E-state index in [1.165, 1.54) is 18.7 Å². The molecule has 1 aliphatic carbocycles. The molecule has 224 valence electrons. The fourth-order valence-electron chi connectivity index (χ4n) is 7.05. The molecule has 8 nitrogen and oxygen atoms in total. The van der Waals surface area contributed by atoms with Gasteiger partial charge in [0.25, 0.3) is 0 Å². The van der Waals surface area contributed by atoms with Gasteiger partial charge >= 0.3 is 0 Å². The maximum absolute atomic E-state index is 14.4. The van der Waals surface area contributed by atoms with Crippen molar-refractivity contribution in [2.75, 3.05) is 48.8 Å². The molecular weight excluding hydrogens is 551 g/mol. The number of hydrogen-bond donors (Lipinski definition) is 1. The fraction of sp³-hybridized carbons (Fsp3) is 0.500. The van der Waals surface area contributed by atoms with Crippen molar-refractivity contribution in [3.8, 4) is 11.1 Å². The molecule has 10 heteroatoms. The molecular formula is C32H41FN6O2S. The van der Waals surface area contributed by atoms with Crippen LogP contribution in [-0.2, 0) is 10.0 Å². The van der Waals surface area contributed by atoms with Crippen LogP contribution in [0.15, 0.2) is 61.1 Å². The minimum absolute atomic E-state index is 0.104. The first kappa shape index (κ1) is 29.0. The van der Waals surface area contributed by atoms with E-state index in [0.29, 0.717) is 12.0 Å². The lowest BCUT2D eigenvalue weighted by Gasteiger charge is -2.44. The molecule has 42 heavy (non-hydrogen) atoms. The molecule has 0 radical (unpaired) electrons. The van der Waals surface area contributed by atoms with Crippen molar-refractivity contribution in [2.45, 2.75) is 57.0 Å². The second-order valence-electron chi connectivity index (χ2n) is 12.1. The van der Waals surface area contributed by atoms with E-state index < -0.39 is 10.0 Å². The fourth-order valence-corrected chi connectivity index (χ4v) is 7.89. The zero-order chi connectivity index (χ0) is 29.1. The summed E-state index contributed by atoms with van der Waals surface area (Å²) in [6, 6.07) is 15.5. The zero-order valence-corrected chi connectivity index (χ0v) is 25.1. The van der Waals surface area contributed by atoms with Gasteiger partial charge in [0.05, 0.1) is 12.5 Å². The van der Waals surface area contributed by atoms with Crippen LogP contribution in [0.2, 0.25) is 0 Å². The molecule has 0 unspecified atom stereocenters. The van der Waals surface area contributed by atoms with E-state index in [9.17, 15) is 12.8 Å². The minimum Gasteiger partial charge on any atom is -0.350 e.